The van der Waals surface area contributed by atoms with Crippen molar-refractivity contribution in [3.05, 3.63) is 46.5 Å². The van der Waals surface area contributed by atoms with Crippen molar-refractivity contribution in [2.45, 2.75) is 25.9 Å². The van der Waals surface area contributed by atoms with E-state index in [1.54, 1.807) is 30.2 Å². The Balaban J connectivity index is 1.79. The monoisotopic (exact) mass is 446 g/mol. The van der Waals surface area contributed by atoms with Crippen molar-refractivity contribution in [3.8, 4) is 11.5 Å². The van der Waals surface area contributed by atoms with Crippen molar-refractivity contribution in [1.29, 1.82) is 0 Å². The van der Waals surface area contributed by atoms with Crippen LogP contribution < -0.4 is 14.4 Å². The maximum Gasteiger partial charge on any atom is 0.264 e. The van der Waals surface area contributed by atoms with Gasteiger partial charge in [-0.05, 0) is 49.6 Å². The smallest absolute Gasteiger partial charge is 0.264 e. The average Bonchev–Trinajstić information content (AvgIpc) is 3.40. The molecule has 8 heteroatoms. The minimum absolute atomic E-state index is 0.0257. The third kappa shape index (κ3) is 3.97. The molecular weight excluding hydrogens is 424 g/mol. The van der Waals surface area contributed by atoms with Gasteiger partial charge in [-0.2, -0.15) is 0 Å². The van der Waals surface area contributed by atoms with Gasteiger partial charge in [0, 0.05) is 11.6 Å². The Morgan fingerprint density at radius 3 is 2.87 bits per heavy atom. The number of para-hydroxylation sites is 1. The Morgan fingerprint density at radius 1 is 1.33 bits per heavy atom. The fourth-order valence-electron chi connectivity index (χ4n) is 3.70. The van der Waals surface area contributed by atoms with Crippen LogP contribution in [0.15, 0.2) is 30.3 Å². The third-order valence-electron chi connectivity index (χ3n) is 5.16. The van der Waals surface area contributed by atoms with E-state index in [1.807, 2.05) is 19.1 Å². The molecule has 2 aromatic carbocycles. The van der Waals surface area contributed by atoms with E-state index in [4.69, 9.17) is 30.8 Å². The molecule has 0 spiro atoms. The number of rotatable bonds is 6. The molecule has 30 heavy (non-hydrogen) atoms. The van der Waals surface area contributed by atoms with Crippen LogP contribution in [0.2, 0.25) is 5.02 Å². The molecule has 6 nitrogen and oxygen atoms in total. The van der Waals surface area contributed by atoms with Crippen molar-refractivity contribution in [2.75, 3.05) is 32.3 Å². The van der Waals surface area contributed by atoms with Gasteiger partial charge in [-0.3, -0.25) is 9.69 Å². The van der Waals surface area contributed by atoms with E-state index in [0.29, 0.717) is 40.4 Å². The Hall–Kier alpha value is -2.35. The molecule has 4 rings (SSSR count). The Kier molecular flexibility index (Phi) is 6.13. The van der Waals surface area contributed by atoms with Gasteiger partial charge in [-0.25, -0.2) is 4.98 Å². The maximum absolute atomic E-state index is 13.7. The molecule has 2 heterocycles. The summed E-state index contributed by atoms with van der Waals surface area (Å²) >= 11 is 7.67. The highest BCUT2D eigenvalue weighted by Gasteiger charge is 2.29. The van der Waals surface area contributed by atoms with E-state index in [0.717, 1.165) is 28.6 Å². The molecule has 1 atom stereocenters. The molecule has 1 saturated heterocycles. The number of aromatic nitrogens is 1. The number of ether oxygens (including phenoxy) is 3. The highest BCUT2D eigenvalue weighted by molar-refractivity contribution is 7.22. The maximum atomic E-state index is 13.7. The summed E-state index contributed by atoms with van der Waals surface area (Å²) in [6.45, 7) is 3.10. The second-order valence-corrected chi connectivity index (χ2v) is 8.60. The quantitative estimate of drug-likeness (QED) is 0.527. The summed E-state index contributed by atoms with van der Waals surface area (Å²) in [5.74, 6) is 0.707. The van der Waals surface area contributed by atoms with E-state index in [2.05, 4.69) is 0 Å². The number of carbonyl (C=O) groups excluding carboxylic acids is 1. The molecule has 158 valence electrons. The number of carbonyl (C=O) groups is 1. The Morgan fingerprint density at radius 2 is 2.17 bits per heavy atom. The summed E-state index contributed by atoms with van der Waals surface area (Å²) in [7, 11) is 3.08. The Bertz CT molecular complexity index is 1080. The van der Waals surface area contributed by atoms with Crippen LogP contribution in [0.25, 0.3) is 10.2 Å². The predicted molar refractivity (Wildman–Crippen MR) is 120 cm³/mol. The van der Waals surface area contributed by atoms with Crippen LogP contribution in [0.1, 0.15) is 28.8 Å². The summed E-state index contributed by atoms with van der Waals surface area (Å²) in [5, 5.41) is 1.27. The molecular formula is C22H23ClN2O4S. The number of hydrogen-bond donors (Lipinski definition) is 0. The lowest BCUT2D eigenvalue weighted by Gasteiger charge is -2.24. The van der Waals surface area contributed by atoms with Gasteiger partial charge in [0.2, 0.25) is 0 Å². The second-order valence-electron chi connectivity index (χ2n) is 7.16. The number of methoxy groups -OCH3 is 2. The van der Waals surface area contributed by atoms with Gasteiger partial charge in [0.05, 0.1) is 42.6 Å². The van der Waals surface area contributed by atoms with E-state index in [1.165, 1.54) is 18.4 Å². The zero-order valence-corrected chi connectivity index (χ0v) is 18.7. The van der Waals surface area contributed by atoms with Crippen LogP contribution in [0.3, 0.4) is 0 Å². The van der Waals surface area contributed by atoms with Gasteiger partial charge in [0.25, 0.3) is 5.91 Å². The fraction of sp³-hybridized carbons (Fsp3) is 0.364. The molecule has 0 bridgehead atoms. The highest BCUT2D eigenvalue weighted by Crippen LogP contribution is 2.37. The van der Waals surface area contributed by atoms with Crippen molar-refractivity contribution in [2.24, 2.45) is 0 Å². The number of halogens is 1. The van der Waals surface area contributed by atoms with E-state index in [-0.39, 0.29) is 12.0 Å². The summed E-state index contributed by atoms with van der Waals surface area (Å²) < 4.78 is 17.6. The van der Waals surface area contributed by atoms with Crippen molar-refractivity contribution in [1.82, 2.24) is 4.98 Å². The van der Waals surface area contributed by atoms with E-state index < -0.39 is 0 Å². The molecule has 0 saturated carbocycles. The van der Waals surface area contributed by atoms with Crippen molar-refractivity contribution >= 4 is 44.2 Å². The first-order valence-electron chi connectivity index (χ1n) is 9.73. The lowest BCUT2D eigenvalue weighted by atomic mass is 10.1. The van der Waals surface area contributed by atoms with Crippen molar-refractivity contribution in [3.63, 3.8) is 0 Å². The topological polar surface area (TPSA) is 60.9 Å². The largest absolute Gasteiger partial charge is 0.493 e. The van der Waals surface area contributed by atoms with Gasteiger partial charge in [0.15, 0.2) is 16.6 Å². The number of aryl methyl sites for hydroxylation is 1. The molecule has 0 N–H and O–H groups in total. The van der Waals surface area contributed by atoms with E-state index in [9.17, 15) is 4.79 Å². The number of benzene rings is 2. The first-order chi connectivity index (χ1) is 14.5. The molecule has 1 aromatic heterocycles. The van der Waals surface area contributed by atoms with Gasteiger partial charge in [0.1, 0.15) is 0 Å². The Labute approximate surface area is 184 Å². The van der Waals surface area contributed by atoms with Crippen LogP contribution >= 0.6 is 22.9 Å². The minimum atomic E-state index is -0.205. The molecule has 1 aliphatic rings. The molecule has 1 unspecified atom stereocenters. The normalized spacial score (nSPS) is 16.1. The van der Waals surface area contributed by atoms with E-state index >= 15 is 0 Å². The first-order valence-corrected chi connectivity index (χ1v) is 10.9. The molecule has 1 aliphatic heterocycles. The SMILES string of the molecule is COc1cccc(C(=O)N(CC2CCCO2)c2nc3c(C)cc(Cl)cc3s2)c1OC. The molecule has 0 aliphatic carbocycles. The van der Waals surface area contributed by atoms with Crippen LogP contribution in [-0.4, -0.2) is 44.4 Å². The molecule has 3 aromatic rings. The third-order valence-corrected chi connectivity index (χ3v) is 6.40. The molecule has 1 amide bonds. The van der Waals surface area contributed by atoms with Crippen LogP contribution in [-0.2, 0) is 4.74 Å². The molecule has 0 radical (unpaired) electrons. The highest BCUT2D eigenvalue weighted by atomic mass is 35.5. The van der Waals surface area contributed by atoms with Gasteiger partial charge in [-0.15, -0.1) is 0 Å². The zero-order chi connectivity index (χ0) is 21.3. The van der Waals surface area contributed by atoms with Gasteiger partial charge >= 0.3 is 0 Å². The fourth-order valence-corrected chi connectivity index (χ4v) is 5.13. The number of thiazole rings is 1. The average molecular weight is 447 g/mol. The van der Waals surface area contributed by atoms with Gasteiger partial charge < -0.3 is 14.2 Å². The lowest BCUT2D eigenvalue weighted by Crippen LogP contribution is -2.37. The van der Waals surface area contributed by atoms with Crippen molar-refractivity contribution < 1.29 is 19.0 Å². The summed E-state index contributed by atoms with van der Waals surface area (Å²) in [6.07, 6.45) is 1.88. The minimum Gasteiger partial charge on any atom is -0.493 e. The number of anilines is 1. The second kappa shape index (κ2) is 8.79. The summed E-state index contributed by atoms with van der Waals surface area (Å²) in [6, 6.07) is 9.04. The zero-order valence-electron chi connectivity index (χ0n) is 17.1. The van der Waals surface area contributed by atoms with Crippen LogP contribution in [0.5, 0.6) is 11.5 Å². The predicted octanol–water partition coefficient (Wildman–Crippen LogP) is 5.10. The standard InChI is InChI=1S/C22H23ClN2O4S/c1-13-10-14(23)11-18-19(13)24-22(30-18)25(12-15-6-5-9-29-15)21(26)16-7-4-8-17(27-2)20(16)28-3/h4,7-8,10-11,15H,5-6,9,12H2,1-3H3. The van der Waals surface area contributed by atoms with Crippen LogP contribution in [0.4, 0.5) is 5.13 Å². The number of amides is 1. The lowest BCUT2D eigenvalue weighted by molar-refractivity contribution is 0.0914. The molecule has 1 fully saturated rings. The number of hydrogen-bond acceptors (Lipinski definition) is 6. The first kappa shape index (κ1) is 20.9. The summed E-state index contributed by atoms with van der Waals surface area (Å²) in [5.41, 5.74) is 2.24. The number of fused-ring (bicyclic) bond motifs is 1. The number of nitrogens with zero attached hydrogens (tertiary/aromatic N) is 2. The summed E-state index contributed by atoms with van der Waals surface area (Å²) in [4.78, 5) is 20.1. The van der Waals surface area contributed by atoms with Crippen LogP contribution in [0, 0.1) is 6.92 Å². The van der Waals surface area contributed by atoms with Gasteiger partial charge in [-0.1, -0.05) is 29.0 Å².